The highest BCUT2D eigenvalue weighted by molar-refractivity contribution is 7.92. The fraction of sp³-hybridized carbons (Fsp3) is 0.935. The Morgan fingerprint density at radius 2 is 0.299 bits per heavy atom. The van der Waals surface area contributed by atoms with E-state index in [1.165, 1.54) is 0 Å². The molecule has 878 valence electrons. The first kappa shape index (κ1) is 146. The number of hydrogen-bond donors (Lipinski definition) is 0. The number of nitrogens with zero attached hydrogens (tertiary/aromatic N) is 10. The average Bonchev–Trinajstić information content (AvgIpc) is 0.678. The maximum Gasteiger partial charge on any atom is 0.362 e. The van der Waals surface area contributed by atoms with E-state index in [1.54, 1.807) is 0 Å². The van der Waals surface area contributed by atoms with Crippen LogP contribution in [0.25, 0.3) is 0 Å². The van der Waals surface area contributed by atoms with E-state index in [2.05, 4.69) is 13.2 Å². The van der Waals surface area contributed by atoms with E-state index in [0.717, 1.165) is 32.6 Å². The van der Waals surface area contributed by atoms with Gasteiger partial charge in [0, 0.05) is 56.4 Å². The fourth-order valence-corrected chi connectivity index (χ4v) is 29.9. The highest BCUT2D eigenvalue weighted by Gasteiger charge is 2.87. The molecule has 0 aliphatic rings. The summed E-state index contributed by atoms with van der Waals surface area (Å²) in [7, 11) is -64.3. The molecule has 0 fully saturated rings. The van der Waals surface area contributed by atoms with Crippen molar-refractivity contribution >= 4 is 112 Å². The molecule has 0 aromatic carbocycles. The summed E-state index contributed by atoms with van der Waals surface area (Å²) in [5.74, 6) is -45.9. The summed E-state index contributed by atoms with van der Waals surface area (Å²) in [4.78, 5) is 28.1. The van der Waals surface area contributed by atoms with Crippen molar-refractivity contribution in [1.29, 1.82) is 0 Å². The van der Waals surface area contributed by atoms with Crippen LogP contribution in [-0.4, -0.2) is 222 Å². The molecule has 0 spiro atoms. The summed E-state index contributed by atoms with van der Waals surface area (Å²) in [6.45, 7) is 26.9. The Bertz CT molecular complexity index is 4560. The Labute approximate surface area is 879 Å². The molecular formula is C93H182F10N10O24S10. The number of sulfonamides is 10. The summed E-state index contributed by atoms with van der Waals surface area (Å²) in [5.41, 5.74) is -2.10. The molecule has 54 heteroatoms. The molecule has 147 heavy (non-hydrogen) atoms. The van der Waals surface area contributed by atoms with Gasteiger partial charge >= 0.3 is 35.2 Å². The predicted octanol–water partition coefficient (Wildman–Crippen LogP) is 24.0. The van der Waals surface area contributed by atoms with E-state index in [4.69, 9.17) is 9.47 Å². The summed E-state index contributed by atoms with van der Waals surface area (Å²) >= 11 is 0. The van der Waals surface area contributed by atoms with E-state index >= 15 is 44.8 Å². The molecule has 0 bridgehead atoms. The zero-order valence-corrected chi connectivity index (χ0v) is 97.9. The van der Waals surface area contributed by atoms with Crippen molar-refractivity contribution in [2.24, 2.45) is 0 Å². The number of ether oxygens (including phenoxy) is 2. The third kappa shape index (κ3) is 47.3. The molecule has 0 unspecified atom stereocenters. The largest absolute Gasteiger partial charge is 0.414 e. The van der Waals surface area contributed by atoms with E-state index < -0.39 is 320 Å². The van der Waals surface area contributed by atoms with Crippen molar-refractivity contribution < 1.29 is 148 Å². The second kappa shape index (κ2) is 74.9. The van der Waals surface area contributed by atoms with Crippen molar-refractivity contribution in [1.82, 2.24) is 45.3 Å². The molecule has 0 atom stereocenters. The first-order valence-electron chi connectivity index (χ1n) is 53.5. The fourth-order valence-electron chi connectivity index (χ4n) is 15.9. The van der Waals surface area contributed by atoms with Crippen LogP contribution in [-0.2, 0) is 119 Å². The number of carbonyl (C=O) groups excluding carboxylic acids is 2. The van der Waals surface area contributed by atoms with Gasteiger partial charge in [-0.25, -0.2) is 93.8 Å². The quantitative estimate of drug-likeness (QED) is 0.0136. The molecule has 0 aliphatic heterocycles. The number of esters is 2. The Balaban J connectivity index is 0. The Hall–Kier alpha value is -3.18. The molecule has 34 nitrogen and oxygen atoms in total. The maximum atomic E-state index is 18.5. The van der Waals surface area contributed by atoms with Crippen LogP contribution < -0.4 is 0 Å². The molecular weight excluding hydrogens is 2150 g/mol. The minimum Gasteiger partial charge on any atom is -0.414 e. The van der Waals surface area contributed by atoms with Gasteiger partial charge in [-0.05, 0) is 77.6 Å². The summed E-state index contributed by atoms with van der Waals surface area (Å²) < 4.78 is 462. The zero-order valence-electron chi connectivity index (χ0n) is 89.8. The van der Waals surface area contributed by atoms with Crippen molar-refractivity contribution in [3.05, 3.63) is 24.3 Å². The highest BCUT2D eigenvalue weighted by atomic mass is 32.2. The lowest BCUT2D eigenvalue weighted by Gasteiger charge is -2.52. The van der Waals surface area contributed by atoms with E-state index in [9.17, 15) is 93.8 Å². The van der Waals surface area contributed by atoms with Gasteiger partial charge in [-0.15, -0.1) is 44.8 Å². The summed E-state index contributed by atoms with van der Waals surface area (Å²) in [6, 6.07) is 0. The van der Waals surface area contributed by atoms with Crippen molar-refractivity contribution in [2.75, 3.05) is 57.5 Å². The zero-order chi connectivity index (χ0) is 113. The first-order valence-corrected chi connectivity index (χ1v) is 69.6. The van der Waals surface area contributed by atoms with Crippen LogP contribution in [0.5, 0.6) is 0 Å². The second-order valence-corrected chi connectivity index (χ2v) is 56.9. The molecule has 0 radical (unpaired) electrons. The SMILES string of the molecule is C=C(C)C(=O)OC(N(F)S(=O)(=O)CCCCCCCC)(N(F)S(=O)(=O)CCCCCCCC)C(N(F)S(=O)(=O)CCCCCCCC)(N(F)S(=O)(=O)CCCCCCCC)N(F)S(=O)(=O)CCCCCCCC.C=C(CC)C(=O)OC(N(F)S(=O)(=O)CCCCCCCC)(N(F)S(=O)(=O)CCCCCCCC)C(N(F)S(=O)(=O)CCCCCCCC)(N(F)S(=O)(=O)CCCCCCCC)N(F)S(=O)(=O)CCCCCCCC. The molecule has 0 N–H and O–H groups in total. The van der Waals surface area contributed by atoms with Gasteiger partial charge in [0.15, 0.2) is 0 Å². The van der Waals surface area contributed by atoms with Gasteiger partial charge in [-0.2, -0.15) is 0 Å². The van der Waals surface area contributed by atoms with Crippen LogP contribution in [0.1, 0.15) is 475 Å². The highest BCUT2D eigenvalue weighted by Crippen LogP contribution is 2.55. The number of halogens is 10. The van der Waals surface area contributed by atoms with Crippen LogP contribution in [0.3, 0.4) is 0 Å². The summed E-state index contributed by atoms with van der Waals surface area (Å²) in [6.07, 6.45) is 14.0. The molecule has 0 aromatic heterocycles. The van der Waals surface area contributed by atoms with Gasteiger partial charge in [0.2, 0.25) is 100 Å². The van der Waals surface area contributed by atoms with E-state index in [-0.39, 0.29) is 128 Å². The number of unbranched alkanes of at least 4 members (excludes halogenated alkanes) is 50. The molecule has 0 saturated carbocycles. The maximum absolute atomic E-state index is 18.5. The van der Waals surface area contributed by atoms with E-state index in [1.807, 2.05) is 69.2 Å². The van der Waals surface area contributed by atoms with Crippen molar-refractivity contribution in [3.63, 3.8) is 0 Å². The third-order valence-electron chi connectivity index (χ3n) is 24.8. The molecule has 0 amide bonds. The Kier molecular flexibility index (Phi) is 74.3. The van der Waals surface area contributed by atoms with Crippen molar-refractivity contribution in [2.45, 2.75) is 498 Å². The average molecular weight is 2340 g/mol. The molecule has 0 aromatic rings. The van der Waals surface area contributed by atoms with Crippen molar-refractivity contribution in [3.8, 4) is 0 Å². The van der Waals surface area contributed by atoms with Crippen LogP contribution >= 0.6 is 0 Å². The Morgan fingerprint density at radius 3 is 0.415 bits per heavy atom. The van der Waals surface area contributed by atoms with Gasteiger partial charge < -0.3 is 9.47 Å². The van der Waals surface area contributed by atoms with Gasteiger partial charge in [0.05, 0.1) is 57.5 Å². The normalized spacial score (nSPS) is 13.6. The molecule has 0 aliphatic carbocycles. The van der Waals surface area contributed by atoms with Gasteiger partial charge in [-0.1, -0.05) is 410 Å². The minimum atomic E-state index is -6.47. The van der Waals surface area contributed by atoms with Crippen LogP contribution in [0.15, 0.2) is 24.3 Å². The minimum absolute atomic E-state index is 0.0566. The molecule has 0 rings (SSSR count). The first-order chi connectivity index (χ1) is 68.8. The number of carbonyl (C=O) groups is 2. The van der Waals surface area contributed by atoms with Gasteiger partial charge in [-0.3, -0.25) is 0 Å². The molecule has 0 heterocycles. The lowest BCUT2D eigenvalue weighted by molar-refractivity contribution is -0.409. The number of hydrogen-bond acceptors (Lipinski definition) is 24. The summed E-state index contributed by atoms with van der Waals surface area (Å²) in [5, 5.41) is 0. The van der Waals surface area contributed by atoms with E-state index in [0.29, 0.717) is 174 Å². The Morgan fingerprint density at radius 1 is 0.190 bits per heavy atom. The van der Waals surface area contributed by atoms with Crippen LogP contribution in [0.2, 0.25) is 0 Å². The van der Waals surface area contributed by atoms with Crippen LogP contribution in [0.4, 0.5) is 44.8 Å². The smallest absolute Gasteiger partial charge is 0.362 e. The van der Waals surface area contributed by atoms with Gasteiger partial charge in [0.1, 0.15) is 0 Å². The van der Waals surface area contributed by atoms with Gasteiger partial charge in [0.25, 0.3) is 0 Å². The monoisotopic (exact) mass is 2330 g/mol. The van der Waals surface area contributed by atoms with Crippen LogP contribution in [0, 0.1) is 0 Å². The lowest BCUT2D eigenvalue weighted by Crippen LogP contribution is -2.86. The second-order valence-electron chi connectivity index (χ2n) is 38.0. The topological polar surface area (TPSA) is 426 Å². The third-order valence-corrected chi connectivity index (χ3v) is 40.3. The standard InChI is InChI=1S/C47H92F5N5O12S5.C46H90F5N5O12S5/c1-8-14-19-24-29-34-39-70(59,60)53(48)46(54(49)71(61,62)40-35-30-25-20-15-9-2,55(50)72(63,64)41-36-31-26-21-16-10-3)47(69-45(58)44(7)13-6,56(51)73(65,66)42-37-32-27-22-17-11-4)57(52)74(67,68)43-38-33-28-23-18-12-5;1-8-13-18-23-28-33-38-69(58,59)52(47)45(53(48)70(60,61)39-34-29-24-19-14-9-2,54(49)71(62,63)40-35-30-25-20-15-10-3)46(68-44(57)43(6)7,55(50)72(64,65)41-36-31-26-21-16-11-4)56(51)73(66,67)42-37-32-27-22-17-12-5/h7-43H2,1-6H3;6,8-42H2,1-5,7H3. The molecule has 0 saturated heterocycles. The lowest BCUT2D eigenvalue weighted by atomic mass is 10.1. The predicted molar refractivity (Wildman–Crippen MR) is 558 cm³/mol. The number of rotatable bonds is 97.